The van der Waals surface area contributed by atoms with Crippen LogP contribution in [0.1, 0.15) is 49.3 Å². The summed E-state index contributed by atoms with van der Waals surface area (Å²) >= 11 is 0. The summed E-state index contributed by atoms with van der Waals surface area (Å²) in [6.07, 6.45) is 7.52. The summed E-state index contributed by atoms with van der Waals surface area (Å²) in [5.41, 5.74) is 2.85. The minimum absolute atomic E-state index is 0.252. The lowest BCUT2D eigenvalue weighted by atomic mass is 9.77. The van der Waals surface area contributed by atoms with Crippen LogP contribution in [0.25, 0.3) is 0 Å². The van der Waals surface area contributed by atoms with Gasteiger partial charge in [0.05, 0.1) is 12.6 Å². The molecule has 1 amide bonds. The molecule has 3 nitrogen and oxygen atoms in total. The van der Waals surface area contributed by atoms with Crippen LogP contribution in [0.15, 0.2) is 24.3 Å². The fourth-order valence-corrected chi connectivity index (χ4v) is 4.09. The van der Waals surface area contributed by atoms with Crippen molar-refractivity contribution in [2.24, 2.45) is 5.92 Å². The van der Waals surface area contributed by atoms with Crippen LogP contribution >= 0.6 is 0 Å². The number of carbonyl (C=O) groups is 1. The van der Waals surface area contributed by atoms with E-state index in [1.165, 1.54) is 43.2 Å². The van der Waals surface area contributed by atoms with Gasteiger partial charge in [-0.15, -0.1) is 0 Å². The number of likely N-dealkylation sites (N-methyl/N-ethyl adjacent to an activating group) is 1. The van der Waals surface area contributed by atoms with Gasteiger partial charge in [-0.1, -0.05) is 43.5 Å². The first-order valence-corrected chi connectivity index (χ1v) is 8.33. The molecule has 0 bridgehead atoms. The van der Waals surface area contributed by atoms with Crippen molar-refractivity contribution in [2.75, 3.05) is 20.1 Å². The van der Waals surface area contributed by atoms with Gasteiger partial charge in [-0.3, -0.25) is 4.79 Å². The first kappa shape index (κ1) is 14.6. The summed E-state index contributed by atoms with van der Waals surface area (Å²) in [5, 5.41) is 3.02. The average molecular weight is 286 g/mol. The second kappa shape index (κ2) is 6.61. The van der Waals surface area contributed by atoms with E-state index in [0.29, 0.717) is 18.5 Å². The van der Waals surface area contributed by atoms with Gasteiger partial charge in [0, 0.05) is 6.54 Å². The maximum atomic E-state index is 12.5. The van der Waals surface area contributed by atoms with Gasteiger partial charge in [-0.05, 0) is 43.4 Å². The van der Waals surface area contributed by atoms with Crippen molar-refractivity contribution in [1.82, 2.24) is 10.2 Å². The van der Waals surface area contributed by atoms with E-state index in [0.717, 1.165) is 13.0 Å². The number of carbonyl (C=O) groups excluding carboxylic acids is 1. The van der Waals surface area contributed by atoms with Gasteiger partial charge >= 0.3 is 0 Å². The number of fused-ring (bicyclic) bond motifs is 1. The first-order chi connectivity index (χ1) is 10.3. The third kappa shape index (κ3) is 2.98. The zero-order chi connectivity index (χ0) is 14.7. The smallest absolute Gasteiger partial charge is 0.237 e. The largest absolute Gasteiger partial charge is 0.334 e. The van der Waals surface area contributed by atoms with Crippen LogP contribution < -0.4 is 5.32 Å². The van der Waals surface area contributed by atoms with E-state index >= 15 is 0 Å². The van der Waals surface area contributed by atoms with E-state index in [4.69, 9.17) is 0 Å². The Morgan fingerprint density at radius 3 is 2.76 bits per heavy atom. The standard InChI is InChI=1S/C18H26N2O/c1-19-13-17(21)20-12-11-14-7-5-6-10-16(14)18(20)15-8-3-2-4-9-15/h5-7,10,15,18-19H,2-4,8-9,11-13H2,1H3. The highest BCUT2D eigenvalue weighted by Gasteiger charge is 2.36. The van der Waals surface area contributed by atoms with Gasteiger partial charge < -0.3 is 10.2 Å². The Morgan fingerprint density at radius 1 is 1.24 bits per heavy atom. The highest BCUT2D eigenvalue weighted by atomic mass is 16.2. The van der Waals surface area contributed by atoms with E-state index in [2.05, 4.69) is 34.5 Å². The second-order valence-corrected chi connectivity index (χ2v) is 6.41. The molecule has 1 aliphatic heterocycles. The Labute approximate surface area is 127 Å². The van der Waals surface area contributed by atoms with E-state index in [9.17, 15) is 4.79 Å². The molecular weight excluding hydrogens is 260 g/mol. The third-order valence-corrected chi connectivity index (χ3v) is 5.08. The number of nitrogens with one attached hydrogen (secondary N) is 1. The normalized spacial score (nSPS) is 22.9. The lowest BCUT2D eigenvalue weighted by Crippen LogP contribution is -2.46. The quantitative estimate of drug-likeness (QED) is 0.926. The van der Waals surface area contributed by atoms with Crippen molar-refractivity contribution < 1.29 is 4.79 Å². The molecule has 3 rings (SSSR count). The van der Waals surface area contributed by atoms with Crippen LogP contribution in [0, 0.1) is 5.92 Å². The molecule has 3 heteroatoms. The molecule has 1 heterocycles. The summed E-state index contributed by atoms with van der Waals surface area (Å²) in [7, 11) is 1.85. The molecule has 114 valence electrons. The molecule has 1 fully saturated rings. The topological polar surface area (TPSA) is 32.3 Å². The number of rotatable bonds is 3. The number of hydrogen-bond acceptors (Lipinski definition) is 2. The van der Waals surface area contributed by atoms with E-state index in [-0.39, 0.29) is 5.91 Å². The van der Waals surface area contributed by atoms with Crippen molar-refractivity contribution in [3.63, 3.8) is 0 Å². The van der Waals surface area contributed by atoms with Gasteiger partial charge in [0.2, 0.25) is 5.91 Å². The predicted molar refractivity (Wildman–Crippen MR) is 85.1 cm³/mol. The van der Waals surface area contributed by atoms with Crippen LogP contribution in [-0.4, -0.2) is 30.9 Å². The molecule has 0 radical (unpaired) electrons. The van der Waals surface area contributed by atoms with E-state index < -0.39 is 0 Å². The molecule has 1 aliphatic carbocycles. The Morgan fingerprint density at radius 2 is 2.00 bits per heavy atom. The lowest BCUT2D eigenvalue weighted by molar-refractivity contribution is -0.134. The highest BCUT2D eigenvalue weighted by Crippen LogP contribution is 2.41. The van der Waals surface area contributed by atoms with Crippen molar-refractivity contribution >= 4 is 5.91 Å². The monoisotopic (exact) mass is 286 g/mol. The third-order valence-electron chi connectivity index (χ3n) is 5.08. The van der Waals surface area contributed by atoms with Gasteiger partial charge in [0.25, 0.3) is 0 Å². The zero-order valence-electron chi connectivity index (χ0n) is 13.0. The predicted octanol–water partition coefficient (Wildman–Crippen LogP) is 2.91. The molecule has 0 saturated heterocycles. The zero-order valence-corrected chi connectivity index (χ0v) is 13.0. The molecule has 1 N–H and O–H groups in total. The van der Waals surface area contributed by atoms with E-state index in [1.54, 1.807) is 0 Å². The molecular formula is C18H26N2O. The Balaban J connectivity index is 1.92. The molecule has 1 saturated carbocycles. The minimum Gasteiger partial charge on any atom is -0.334 e. The number of amides is 1. The summed E-state index contributed by atoms with van der Waals surface area (Å²) in [6, 6.07) is 9.04. The lowest BCUT2D eigenvalue weighted by Gasteiger charge is -2.43. The highest BCUT2D eigenvalue weighted by molar-refractivity contribution is 5.79. The molecule has 1 unspecified atom stereocenters. The summed E-state index contributed by atoms with van der Waals surface area (Å²) in [6.45, 7) is 1.32. The number of nitrogens with zero attached hydrogens (tertiary/aromatic N) is 1. The molecule has 1 atom stereocenters. The minimum atomic E-state index is 0.252. The maximum Gasteiger partial charge on any atom is 0.237 e. The number of hydrogen-bond donors (Lipinski definition) is 1. The first-order valence-electron chi connectivity index (χ1n) is 8.33. The molecule has 2 aliphatic rings. The van der Waals surface area contributed by atoms with Crippen LogP contribution in [0.4, 0.5) is 0 Å². The fraction of sp³-hybridized carbons (Fsp3) is 0.611. The maximum absolute atomic E-state index is 12.5. The molecule has 0 spiro atoms. The Kier molecular flexibility index (Phi) is 4.59. The Bertz CT molecular complexity index is 494. The molecule has 21 heavy (non-hydrogen) atoms. The van der Waals surface area contributed by atoms with Gasteiger partial charge in [-0.2, -0.15) is 0 Å². The van der Waals surface area contributed by atoms with Crippen molar-refractivity contribution in [3.8, 4) is 0 Å². The fourth-order valence-electron chi connectivity index (χ4n) is 4.09. The van der Waals surface area contributed by atoms with Gasteiger partial charge in [0.1, 0.15) is 0 Å². The molecule has 1 aromatic rings. The number of benzene rings is 1. The van der Waals surface area contributed by atoms with Crippen LogP contribution in [0.2, 0.25) is 0 Å². The van der Waals surface area contributed by atoms with Gasteiger partial charge in [0.15, 0.2) is 0 Å². The van der Waals surface area contributed by atoms with Crippen LogP contribution in [-0.2, 0) is 11.2 Å². The summed E-state index contributed by atoms with van der Waals surface area (Å²) < 4.78 is 0. The van der Waals surface area contributed by atoms with Crippen molar-refractivity contribution in [1.29, 1.82) is 0 Å². The van der Waals surface area contributed by atoms with Gasteiger partial charge in [-0.25, -0.2) is 0 Å². The van der Waals surface area contributed by atoms with Crippen LogP contribution in [0.3, 0.4) is 0 Å². The molecule has 0 aromatic heterocycles. The Hall–Kier alpha value is -1.35. The second-order valence-electron chi connectivity index (χ2n) is 6.41. The van der Waals surface area contributed by atoms with Crippen molar-refractivity contribution in [3.05, 3.63) is 35.4 Å². The van der Waals surface area contributed by atoms with Crippen LogP contribution in [0.5, 0.6) is 0 Å². The summed E-state index contributed by atoms with van der Waals surface area (Å²) in [5.74, 6) is 0.892. The SMILES string of the molecule is CNCC(=O)N1CCc2ccccc2C1C1CCCCC1. The van der Waals surface area contributed by atoms with E-state index in [1.807, 2.05) is 7.05 Å². The van der Waals surface area contributed by atoms with Crippen molar-refractivity contribution in [2.45, 2.75) is 44.6 Å². The molecule has 1 aromatic carbocycles. The summed E-state index contributed by atoms with van der Waals surface area (Å²) in [4.78, 5) is 14.7. The average Bonchev–Trinajstić information content (AvgIpc) is 2.55.